The topological polar surface area (TPSA) is 59.6 Å². The highest BCUT2D eigenvalue weighted by molar-refractivity contribution is 5.94. The lowest BCUT2D eigenvalue weighted by molar-refractivity contribution is -0.120. The van der Waals surface area contributed by atoms with Crippen LogP contribution >= 0.6 is 0 Å². The highest BCUT2D eigenvalue weighted by atomic mass is 16.5. The van der Waals surface area contributed by atoms with Crippen LogP contribution in [0.4, 0.5) is 5.69 Å². The summed E-state index contributed by atoms with van der Waals surface area (Å²) in [6.07, 6.45) is 0.914. The predicted octanol–water partition coefficient (Wildman–Crippen LogP) is 1.89. The van der Waals surface area contributed by atoms with E-state index in [1.165, 1.54) is 0 Å². The first-order valence-electron chi connectivity index (χ1n) is 6.87. The summed E-state index contributed by atoms with van der Waals surface area (Å²) in [4.78, 5) is 12.3. The average Bonchev–Trinajstić information content (AvgIpc) is 2.47. The van der Waals surface area contributed by atoms with Gasteiger partial charge in [0.05, 0.1) is 25.8 Å². The number of methoxy groups -OCH3 is 2. The number of hydrogen-bond acceptors (Lipinski definition) is 4. The Morgan fingerprint density at radius 1 is 1.30 bits per heavy atom. The van der Waals surface area contributed by atoms with Crippen molar-refractivity contribution in [1.82, 2.24) is 5.32 Å². The van der Waals surface area contributed by atoms with E-state index in [-0.39, 0.29) is 11.8 Å². The van der Waals surface area contributed by atoms with Gasteiger partial charge in [-0.25, -0.2) is 0 Å². The quantitative estimate of drug-likeness (QED) is 0.883. The number of nitrogens with one attached hydrogen (secondary N) is 2. The van der Waals surface area contributed by atoms with Gasteiger partial charge in [-0.2, -0.15) is 0 Å². The Morgan fingerprint density at radius 3 is 2.75 bits per heavy atom. The first-order valence-corrected chi connectivity index (χ1v) is 6.87. The number of hydrogen-bond donors (Lipinski definition) is 2. The van der Waals surface area contributed by atoms with Gasteiger partial charge in [0.2, 0.25) is 5.91 Å². The minimum absolute atomic E-state index is 0.00515. The van der Waals surface area contributed by atoms with Gasteiger partial charge in [-0.05, 0) is 31.0 Å². The molecule has 2 rings (SSSR count). The van der Waals surface area contributed by atoms with Gasteiger partial charge >= 0.3 is 0 Å². The Balaban J connectivity index is 2.07. The third-order valence-corrected chi connectivity index (χ3v) is 3.61. The molecule has 5 heteroatoms. The summed E-state index contributed by atoms with van der Waals surface area (Å²) in [7, 11) is 3.18. The molecule has 0 aromatic heterocycles. The van der Waals surface area contributed by atoms with Gasteiger partial charge in [0.25, 0.3) is 0 Å². The molecule has 1 aliphatic heterocycles. The van der Waals surface area contributed by atoms with Crippen molar-refractivity contribution >= 4 is 11.6 Å². The van der Waals surface area contributed by atoms with Crippen molar-refractivity contribution in [3.05, 3.63) is 18.2 Å². The lowest BCUT2D eigenvalue weighted by atomic mass is 9.91. The van der Waals surface area contributed by atoms with Gasteiger partial charge in [0.15, 0.2) is 0 Å². The van der Waals surface area contributed by atoms with E-state index >= 15 is 0 Å². The van der Waals surface area contributed by atoms with Crippen molar-refractivity contribution < 1.29 is 14.3 Å². The number of benzene rings is 1. The largest absolute Gasteiger partial charge is 0.497 e. The third-order valence-electron chi connectivity index (χ3n) is 3.61. The van der Waals surface area contributed by atoms with Crippen LogP contribution in [-0.2, 0) is 4.79 Å². The van der Waals surface area contributed by atoms with Gasteiger partial charge in [0, 0.05) is 12.6 Å². The molecule has 1 aliphatic rings. The van der Waals surface area contributed by atoms with Gasteiger partial charge in [0.1, 0.15) is 11.5 Å². The zero-order valence-corrected chi connectivity index (χ0v) is 12.2. The van der Waals surface area contributed by atoms with Crippen LogP contribution in [0.25, 0.3) is 0 Å². The SMILES string of the molecule is COc1ccc(NC(=O)C2CNCC(C)C2)c(OC)c1. The second-order valence-corrected chi connectivity index (χ2v) is 5.25. The molecule has 20 heavy (non-hydrogen) atoms. The van der Waals surface area contributed by atoms with Crippen LogP contribution in [0, 0.1) is 11.8 Å². The first kappa shape index (κ1) is 14.7. The Labute approximate surface area is 119 Å². The predicted molar refractivity (Wildman–Crippen MR) is 78.3 cm³/mol. The molecule has 1 aromatic rings. The molecule has 0 aliphatic carbocycles. The Hall–Kier alpha value is -1.75. The standard InChI is InChI=1S/C15H22N2O3/c1-10-6-11(9-16-8-10)15(18)17-13-5-4-12(19-2)7-14(13)20-3/h4-5,7,10-11,16H,6,8-9H2,1-3H3,(H,17,18). The van der Waals surface area contributed by atoms with Crippen molar-refractivity contribution in [3.63, 3.8) is 0 Å². The van der Waals surface area contributed by atoms with Crippen molar-refractivity contribution in [1.29, 1.82) is 0 Å². The molecule has 0 saturated carbocycles. The normalized spacial score (nSPS) is 22.1. The smallest absolute Gasteiger partial charge is 0.228 e. The van der Waals surface area contributed by atoms with Crippen LogP contribution in [0.3, 0.4) is 0 Å². The Bertz CT molecular complexity index is 476. The number of anilines is 1. The molecule has 1 amide bonds. The molecular weight excluding hydrogens is 256 g/mol. The molecule has 1 heterocycles. The highest BCUT2D eigenvalue weighted by Crippen LogP contribution is 2.30. The third kappa shape index (κ3) is 3.42. The number of ether oxygens (including phenoxy) is 2. The van der Waals surface area contributed by atoms with Crippen LogP contribution in [0.5, 0.6) is 11.5 Å². The Kier molecular flexibility index (Phi) is 4.84. The molecule has 1 fully saturated rings. The maximum absolute atomic E-state index is 12.3. The van der Waals surface area contributed by atoms with Crippen molar-refractivity contribution in [3.8, 4) is 11.5 Å². The van der Waals surface area contributed by atoms with E-state index in [9.17, 15) is 4.79 Å². The van der Waals surface area contributed by atoms with Crippen LogP contribution in [0.15, 0.2) is 18.2 Å². The molecule has 0 radical (unpaired) electrons. The molecular formula is C15H22N2O3. The molecule has 0 bridgehead atoms. The van der Waals surface area contributed by atoms with Crippen molar-refractivity contribution in [2.45, 2.75) is 13.3 Å². The fourth-order valence-corrected chi connectivity index (χ4v) is 2.49. The molecule has 1 saturated heterocycles. The maximum Gasteiger partial charge on any atom is 0.228 e. The first-order chi connectivity index (χ1) is 9.63. The molecule has 1 aromatic carbocycles. The van der Waals surface area contributed by atoms with Crippen LogP contribution in [-0.4, -0.2) is 33.2 Å². The van der Waals surface area contributed by atoms with Gasteiger partial charge in [-0.1, -0.05) is 6.92 Å². The molecule has 110 valence electrons. The second-order valence-electron chi connectivity index (χ2n) is 5.25. The number of amides is 1. The number of piperidine rings is 1. The van der Waals surface area contributed by atoms with Crippen LogP contribution in [0.1, 0.15) is 13.3 Å². The van der Waals surface area contributed by atoms with Crippen molar-refractivity contribution in [2.75, 3.05) is 32.6 Å². The van der Waals surface area contributed by atoms with Crippen molar-refractivity contribution in [2.24, 2.45) is 11.8 Å². The fourth-order valence-electron chi connectivity index (χ4n) is 2.49. The zero-order chi connectivity index (χ0) is 14.5. The van der Waals surface area contributed by atoms with E-state index < -0.39 is 0 Å². The van der Waals surface area contributed by atoms with E-state index in [1.54, 1.807) is 32.4 Å². The highest BCUT2D eigenvalue weighted by Gasteiger charge is 2.25. The summed E-state index contributed by atoms with van der Waals surface area (Å²) < 4.78 is 10.4. The number of carbonyl (C=O) groups excluding carboxylic acids is 1. The van der Waals surface area contributed by atoms with E-state index in [1.807, 2.05) is 0 Å². The molecule has 2 N–H and O–H groups in total. The van der Waals surface area contributed by atoms with Crippen LogP contribution in [0.2, 0.25) is 0 Å². The van der Waals surface area contributed by atoms with Crippen LogP contribution < -0.4 is 20.1 Å². The average molecular weight is 278 g/mol. The summed E-state index contributed by atoms with van der Waals surface area (Å²) >= 11 is 0. The monoisotopic (exact) mass is 278 g/mol. The summed E-state index contributed by atoms with van der Waals surface area (Å²) in [5.41, 5.74) is 0.677. The van der Waals surface area contributed by atoms with E-state index in [2.05, 4.69) is 17.6 Å². The lowest BCUT2D eigenvalue weighted by Gasteiger charge is -2.27. The second kappa shape index (κ2) is 6.61. The number of carbonyl (C=O) groups is 1. The Morgan fingerprint density at radius 2 is 2.10 bits per heavy atom. The lowest BCUT2D eigenvalue weighted by Crippen LogP contribution is -2.40. The van der Waals surface area contributed by atoms with Gasteiger partial charge in [-0.15, -0.1) is 0 Å². The summed E-state index contributed by atoms with van der Waals surface area (Å²) in [5.74, 6) is 1.87. The molecule has 0 spiro atoms. The van der Waals surface area contributed by atoms with E-state index in [0.717, 1.165) is 19.5 Å². The zero-order valence-electron chi connectivity index (χ0n) is 12.2. The number of rotatable bonds is 4. The minimum atomic E-state index is 0.00515. The van der Waals surface area contributed by atoms with E-state index in [0.29, 0.717) is 23.1 Å². The van der Waals surface area contributed by atoms with Gasteiger partial charge < -0.3 is 20.1 Å². The molecule has 5 nitrogen and oxygen atoms in total. The molecule has 2 unspecified atom stereocenters. The minimum Gasteiger partial charge on any atom is -0.497 e. The maximum atomic E-state index is 12.3. The van der Waals surface area contributed by atoms with E-state index in [4.69, 9.17) is 9.47 Å². The summed E-state index contributed by atoms with van der Waals surface area (Å²) in [6, 6.07) is 5.37. The van der Waals surface area contributed by atoms with Gasteiger partial charge in [-0.3, -0.25) is 4.79 Å². The summed E-state index contributed by atoms with van der Waals surface area (Å²) in [5, 5.41) is 6.23. The fraction of sp³-hybridized carbons (Fsp3) is 0.533. The molecule has 2 atom stereocenters. The summed E-state index contributed by atoms with van der Waals surface area (Å²) in [6.45, 7) is 3.87.